The van der Waals surface area contributed by atoms with Gasteiger partial charge in [0.2, 0.25) is 0 Å². The highest BCUT2D eigenvalue weighted by Crippen LogP contribution is 2.37. The van der Waals surface area contributed by atoms with Gasteiger partial charge in [-0.1, -0.05) is 18.2 Å². The van der Waals surface area contributed by atoms with Crippen LogP contribution in [-0.2, 0) is 0 Å². The predicted octanol–water partition coefficient (Wildman–Crippen LogP) is 3.46. The summed E-state index contributed by atoms with van der Waals surface area (Å²) in [6.07, 6.45) is -4.39. The fraction of sp³-hybridized carbons (Fsp3) is 0.200. The van der Waals surface area contributed by atoms with Gasteiger partial charge >= 0.3 is 6.18 Å². The molecule has 0 radical (unpaired) electrons. The Morgan fingerprint density at radius 2 is 1.87 bits per heavy atom. The van der Waals surface area contributed by atoms with Crippen molar-refractivity contribution in [2.45, 2.75) is 12.2 Å². The van der Waals surface area contributed by atoms with Gasteiger partial charge in [0, 0.05) is 4.70 Å². The van der Waals surface area contributed by atoms with Crippen molar-refractivity contribution in [3.8, 4) is 0 Å². The molecule has 0 saturated carbocycles. The maximum absolute atomic E-state index is 12.4. The lowest BCUT2D eigenvalue weighted by Gasteiger charge is -2.14. The summed E-state index contributed by atoms with van der Waals surface area (Å²) in [7, 11) is 0. The predicted molar refractivity (Wildman–Crippen MR) is 54.8 cm³/mol. The zero-order chi connectivity index (χ0) is 11.1. The Kier molecular flexibility index (Phi) is 2.44. The number of hydrogen-bond acceptors (Lipinski definition) is 2. The maximum atomic E-state index is 12.4. The third-order valence-corrected chi connectivity index (χ3v) is 3.18. The van der Waals surface area contributed by atoms with Crippen LogP contribution in [0.15, 0.2) is 29.6 Å². The van der Waals surface area contributed by atoms with Crippen LogP contribution in [0.2, 0.25) is 0 Å². The van der Waals surface area contributed by atoms with Gasteiger partial charge in [-0.25, -0.2) is 0 Å². The van der Waals surface area contributed by atoms with Crippen LogP contribution >= 0.6 is 11.3 Å². The number of benzene rings is 1. The molecule has 15 heavy (non-hydrogen) atoms. The van der Waals surface area contributed by atoms with Crippen LogP contribution in [0, 0.1) is 0 Å². The van der Waals surface area contributed by atoms with E-state index >= 15 is 0 Å². The van der Waals surface area contributed by atoms with E-state index in [-0.39, 0.29) is 5.56 Å². The van der Waals surface area contributed by atoms with Crippen LogP contribution in [0.25, 0.3) is 10.1 Å². The van der Waals surface area contributed by atoms with Crippen molar-refractivity contribution in [2.24, 2.45) is 5.73 Å². The normalized spacial score (nSPS) is 14.4. The van der Waals surface area contributed by atoms with Crippen molar-refractivity contribution < 1.29 is 13.2 Å². The SMILES string of the molecule is N[C@@H](c1csc2ccccc12)C(F)(F)F. The highest BCUT2D eigenvalue weighted by Gasteiger charge is 2.38. The van der Waals surface area contributed by atoms with Gasteiger partial charge in [-0.2, -0.15) is 13.2 Å². The third-order valence-electron chi connectivity index (χ3n) is 2.20. The summed E-state index contributed by atoms with van der Waals surface area (Å²) in [6.45, 7) is 0. The molecule has 1 nitrogen and oxygen atoms in total. The van der Waals surface area contributed by atoms with E-state index < -0.39 is 12.2 Å². The second kappa shape index (κ2) is 3.50. The van der Waals surface area contributed by atoms with Gasteiger partial charge in [0.1, 0.15) is 6.04 Å². The van der Waals surface area contributed by atoms with Gasteiger partial charge < -0.3 is 5.73 Å². The average molecular weight is 231 g/mol. The van der Waals surface area contributed by atoms with Crippen LogP contribution in [0.4, 0.5) is 13.2 Å². The molecular weight excluding hydrogens is 223 g/mol. The van der Waals surface area contributed by atoms with Gasteiger partial charge in [-0.05, 0) is 22.4 Å². The molecule has 0 amide bonds. The molecule has 2 rings (SSSR count). The van der Waals surface area contributed by atoms with E-state index in [9.17, 15) is 13.2 Å². The highest BCUT2D eigenvalue weighted by atomic mass is 32.1. The van der Waals surface area contributed by atoms with Crippen LogP contribution < -0.4 is 5.73 Å². The summed E-state index contributed by atoms with van der Waals surface area (Å²) in [5.74, 6) is 0. The van der Waals surface area contributed by atoms with E-state index in [0.717, 1.165) is 4.70 Å². The van der Waals surface area contributed by atoms with Crippen LogP contribution in [-0.4, -0.2) is 6.18 Å². The van der Waals surface area contributed by atoms with Gasteiger partial charge in [0.25, 0.3) is 0 Å². The lowest BCUT2D eigenvalue weighted by atomic mass is 10.1. The average Bonchev–Trinajstić information content (AvgIpc) is 2.58. The first-order valence-corrected chi connectivity index (χ1v) is 5.16. The number of nitrogens with two attached hydrogens (primary N) is 1. The Bertz CT molecular complexity index is 475. The topological polar surface area (TPSA) is 26.0 Å². The van der Waals surface area contributed by atoms with E-state index in [1.54, 1.807) is 24.3 Å². The molecular formula is C10H8F3NS. The summed E-state index contributed by atoms with van der Waals surface area (Å²) in [5, 5.41) is 2.07. The Balaban J connectivity index is 2.53. The fourth-order valence-electron chi connectivity index (χ4n) is 1.42. The molecule has 0 aliphatic heterocycles. The molecule has 0 aliphatic rings. The minimum Gasteiger partial charge on any atom is -0.316 e. The van der Waals surface area contributed by atoms with Crippen molar-refractivity contribution in [3.05, 3.63) is 35.2 Å². The smallest absolute Gasteiger partial charge is 0.316 e. The van der Waals surface area contributed by atoms with E-state index in [1.807, 2.05) is 0 Å². The van der Waals surface area contributed by atoms with Crippen LogP contribution in [0.5, 0.6) is 0 Å². The molecule has 5 heteroatoms. The molecule has 1 atom stereocenters. The van der Waals surface area contributed by atoms with Crippen molar-refractivity contribution in [1.82, 2.24) is 0 Å². The Labute approximate surface area is 88.3 Å². The van der Waals surface area contributed by atoms with E-state index in [2.05, 4.69) is 0 Å². The number of hydrogen-bond donors (Lipinski definition) is 1. The first kappa shape index (κ1) is 10.4. The standard InChI is InChI=1S/C10H8F3NS/c11-10(12,13)9(14)7-5-15-8-4-2-1-3-6(7)8/h1-5,9H,14H2/t9-/m0/s1. The molecule has 0 fully saturated rings. The number of alkyl halides is 3. The first-order chi connectivity index (χ1) is 7.00. The number of halogens is 3. The quantitative estimate of drug-likeness (QED) is 0.799. The number of thiophene rings is 1. The van der Waals surface area contributed by atoms with Gasteiger partial charge in [0.15, 0.2) is 0 Å². The van der Waals surface area contributed by atoms with Gasteiger partial charge in [-0.3, -0.25) is 0 Å². The van der Waals surface area contributed by atoms with E-state index in [0.29, 0.717) is 5.39 Å². The van der Waals surface area contributed by atoms with Crippen molar-refractivity contribution >= 4 is 21.4 Å². The summed E-state index contributed by atoms with van der Waals surface area (Å²) < 4.78 is 38.1. The lowest BCUT2D eigenvalue weighted by molar-refractivity contribution is -0.148. The zero-order valence-electron chi connectivity index (χ0n) is 7.58. The van der Waals surface area contributed by atoms with E-state index in [4.69, 9.17) is 5.73 Å². The number of rotatable bonds is 1. The van der Waals surface area contributed by atoms with Crippen LogP contribution in [0.3, 0.4) is 0 Å². The molecule has 1 aromatic carbocycles. The molecule has 0 bridgehead atoms. The first-order valence-electron chi connectivity index (χ1n) is 4.28. The molecule has 2 aromatic rings. The summed E-state index contributed by atoms with van der Waals surface area (Å²) in [5.41, 5.74) is 5.32. The second-order valence-electron chi connectivity index (χ2n) is 3.21. The molecule has 80 valence electrons. The van der Waals surface area contributed by atoms with Crippen molar-refractivity contribution in [2.75, 3.05) is 0 Å². The molecule has 0 spiro atoms. The third kappa shape index (κ3) is 1.85. The molecule has 0 aliphatic carbocycles. The largest absolute Gasteiger partial charge is 0.407 e. The summed E-state index contributed by atoms with van der Waals surface area (Å²) >= 11 is 1.28. The van der Waals surface area contributed by atoms with Gasteiger partial charge in [0.05, 0.1) is 0 Å². The summed E-state index contributed by atoms with van der Waals surface area (Å²) in [4.78, 5) is 0. The van der Waals surface area contributed by atoms with Crippen LogP contribution in [0.1, 0.15) is 11.6 Å². The second-order valence-corrected chi connectivity index (χ2v) is 4.12. The van der Waals surface area contributed by atoms with Crippen molar-refractivity contribution in [1.29, 1.82) is 0 Å². The molecule has 0 unspecified atom stereocenters. The number of fused-ring (bicyclic) bond motifs is 1. The van der Waals surface area contributed by atoms with Gasteiger partial charge in [-0.15, -0.1) is 11.3 Å². The lowest BCUT2D eigenvalue weighted by Crippen LogP contribution is -2.28. The Morgan fingerprint density at radius 3 is 2.53 bits per heavy atom. The maximum Gasteiger partial charge on any atom is 0.407 e. The Morgan fingerprint density at radius 1 is 1.20 bits per heavy atom. The highest BCUT2D eigenvalue weighted by molar-refractivity contribution is 7.17. The van der Waals surface area contributed by atoms with E-state index in [1.165, 1.54) is 16.7 Å². The molecule has 0 saturated heterocycles. The zero-order valence-corrected chi connectivity index (χ0v) is 8.40. The minimum atomic E-state index is -4.39. The molecule has 1 heterocycles. The Hall–Kier alpha value is -1.07. The molecule has 1 aromatic heterocycles. The monoisotopic (exact) mass is 231 g/mol. The minimum absolute atomic E-state index is 0.156. The van der Waals surface area contributed by atoms with Crippen molar-refractivity contribution in [3.63, 3.8) is 0 Å². The fourth-order valence-corrected chi connectivity index (χ4v) is 2.41. The molecule has 2 N–H and O–H groups in total. The summed E-state index contributed by atoms with van der Waals surface area (Å²) in [6, 6.07) is 5.05.